The Morgan fingerprint density at radius 2 is 1.82 bits per heavy atom. The molecule has 0 aromatic heterocycles. The van der Waals surface area contributed by atoms with Gasteiger partial charge in [-0.15, -0.1) is 0 Å². The van der Waals surface area contributed by atoms with Crippen LogP contribution < -0.4 is 0 Å². The van der Waals surface area contributed by atoms with Crippen molar-refractivity contribution >= 4 is 0 Å². The highest BCUT2D eigenvalue weighted by Crippen LogP contribution is 2.18. The number of aliphatic hydroxyl groups excluding tert-OH is 1. The number of aliphatic hydroxyl groups is 1. The van der Waals surface area contributed by atoms with Gasteiger partial charge in [-0.05, 0) is 32.1 Å². The molecule has 11 heavy (non-hydrogen) atoms. The van der Waals surface area contributed by atoms with Crippen LogP contribution in [0.1, 0.15) is 34.1 Å². The molecule has 0 fully saturated rings. The molecule has 0 aromatic rings. The van der Waals surface area contributed by atoms with Gasteiger partial charge in [0.05, 0.1) is 6.10 Å². The summed E-state index contributed by atoms with van der Waals surface area (Å²) in [5.74, 6) is 1.15. The van der Waals surface area contributed by atoms with Crippen LogP contribution in [0.4, 0.5) is 0 Å². The molecule has 0 spiro atoms. The summed E-state index contributed by atoms with van der Waals surface area (Å²) in [4.78, 5) is 0. The van der Waals surface area contributed by atoms with Crippen LogP contribution in [0.25, 0.3) is 0 Å². The van der Waals surface area contributed by atoms with E-state index in [2.05, 4.69) is 26.0 Å². The van der Waals surface area contributed by atoms with Gasteiger partial charge in [-0.1, -0.05) is 26.0 Å². The monoisotopic (exact) mass is 156 g/mol. The van der Waals surface area contributed by atoms with Crippen LogP contribution >= 0.6 is 0 Å². The molecule has 0 radical (unpaired) electrons. The second-order valence-electron chi connectivity index (χ2n) is 3.52. The van der Waals surface area contributed by atoms with Crippen molar-refractivity contribution in [3.8, 4) is 0 Å². The highest BCUT2D eigenvalue weighted by atomic mass is 16.3. The van der Waals surface area contributed by atoms with E-state index in [0.717, 1.165) is 6.42 Å². The summed E-state index contributed by atoms with van der Waals surface area (Å²) < 4.78 is 0. The molecule has 0 unspecified atom stereocenters. The quantitative estimate of drug-likeness (QED) is 0.620. The summed E-state index contributed by atoms with van der Waals surface area (Å²) in [6, 6.07) is 0. The van der Waals surface area contributed by atoms with Crippen LogP contribution in [-0.2, 0) is 0 Å². The van der Waals surface area contributed by atoms with Crippen LogP contribution in [0, 0.1) is 11.8 Å². The van der Waals surface area contributed by atoms with Gasteiger partial charge >= 0.3 is 0 Å². The maximum Gasteiger partial charge on any atom is 0.0517 e. The summed E-state index contributed by atoms with van der Waals surface area (Å²) in [5, 5.41) is 9.16. The number of hydrogen-bond acceptors (Lipinski definition) is 1. The lowest BCUT2D eigenvalue weighted by molar-refractivity contribution is 0.159. The van der Waals surface area contributed by atoms with Gasteiger partial charge in [0.2, 0.25) is 0 Å². The molecule has 0 aromatic carbocycles. The molecule has 0 rings (SSSR count). The highest BCUT2D eigenvalue weighted by molar-refractivity contribution is 4.87. The molecule has 1 nitrogen and oxygen atoms in total. The van der Waals surface area contributed by atoms with Crippen molar-refractivity contribution < 1.29 is 5.11 Å². The zero-order valence-corrected chi connectivity index (χ0v) is 8.04. The molecule has 66 valence electrons. The molecule has 1 heteroatoms. The normalized spacial score (nSPS) is 17.6. The molecule has 0 saturated carbocycles. The summed E-state index contributed by atoms with van der Waals surface area (Å²) >= 11 is 0. The first kappa shape index (κ1) is 10.7. The third-order valence-corrected chi connectivity index (χ3v) is 1.91. The van der Waals surface area contributed by atoms with E-state index in [1.54, 1.807) is 0 Å². The summed E-state index contributed by atoms with van der Waals surface area (Å²) in [5.41, 5.74) is 0. The zero-order chi connectivity index (χ0) is 8.85. The van der Waals surface area contributed by atoms with Gasteiger partial charge in [0.25, 0.3) is 0 Å². The molecular weight excluding hydrogens is 136 g/mol. The number of hydrogen-bond donors (Lipinski definition) is 1. The molecule has 0 saturated heterocycles. The van der Waals surface area contributed by atoms with E-state index in [4.69, 9.17) is 5.11 Å². The van der Waals surface area contributed by atoms with Gasteiger partial charge in [-0.25, -0.2) is 0 Å². The molecule has 0 bridgehead atoms. The first-order valence-electron chi connectivity index (χ1n) is 4.38. The van der Waals surface area contributed by atoms with E-state index in [-0.39, 0.29) is 6.10 Å². The molecule has 0 aliphatic carbocycles. The van der Waals surface area contributed by atoms with E-state index < -0.39 is 0 Å². The maximum absolute atomic E-state index is 9.16. The van der Waals surface area contributed by atoms with Crippen molar-refractivity contribution in [3.05, 3.63) is 12.2 Å². The fourth-order valence-electron chi connectivity index (χ4n) is 1.21. The van der Waals surface area contributed by atoms with Crippen molar-refractivity contribution in [2.75, 3.05) is 0 Å². The van der Waals surface area contributed by atoms with Crippen molar-refractivity contribution in [3.63, 3.8) is 0 Å². The van der Waals surface area contributed by atoms with E-state index in [1.165, 1.54) is 0 Å². The van der Waals surface area contributed by atoms with E-state index >= 15 is 0 Å². The molecule has 0 aliphatic heterocycles. The van der Waals surface area contributed by atoms with Crippen LogP contribution in [0.3, 0.4) is 0 Å². The molecule has 2 atom stereocenters. The van der Waals surface area contributed by atoms with Crippen molar-refractivity contribution in [1.82, 2.24) is 0 Å². The zero-order valence-electron chi connectivity index (χ0n) is 8.04. The van der Waals surface area contributed by atoms with Crippen molar-refractivity contribution in [2.24, 2.45) is 11.8 Å². The molecular formula is C10H20O. The fourth-order valence-corrected chi connectivity index (χ4v) is 1.21. The van der Waals surface area contributed by atoms with Gasteiger partial charge in [0.1, 0.15) is 0 Å². The predicted octanol–water partition coefficient (Wildman–Crippen LogP) is 2.61. The first-order chi connectivity index (χ1) is 5.07. The fraction of sp³-hybridized carbons (Fsp3) is 0.800. The Hall–Kier alpha value is -0.300. The third-order valence-electron chi connectivity index (χ3n) is 1.91. The molecule has 1 N–H and O–H groups in total. The maximum atomic E-state index is 9.16. The Morgan fingerprint density at radius 3 is 2.09 bits per heavy atom. The Bertz CT molecular complexity index is 114. The van der Waals surface area contributed by atoms with Crippen LogP contribution in [0.15, 0.2) is 12.2 Å². The lowest BCUT2D eigenvalue weighted by Gasteiger charge is -2.18. The first-order valence-corrected chi connectivity index (χ1v) is 4.38. The standard InChI is InChI=1S/C10H20O/c1-5-6-10(8(2)3)7-9(4)11/h5-6,8-11H,7H2,1-4H3/b6-5-/t9-,10+/m1/s1. The highest BCUT2D eigenvalue weighted by Gasteiger charge is 2.11. The van der Waals surface area contributed by atoms with Gasteiger partial charge < -0.3 is 5.11 Å². The van der Waals surface area contributed by atoms with Gasteiger partial charge in [-0.3, -0.25) is 0 Å². The minimum atomic E-state index is -0.182. The van der Waals surface area contributed by atoms with E-state index in [1.807, 2.05) is 13.8 Å². The van der Waals surface area contributed by atoms with Gasteiger partial charge in [-0.2, -0.15) is 0 Å². The molecule has 0 amide bonds. The smallest absolute Gasteiger partial charge is 0.0517 e. The molecule has 0 aliphatic rings. The van der Waals surface area contributed by atoms with E-state index in [0.29, 0.717) is 11.8 Å². The van der Waals surface area contributed by atoms with Crippen LogP contribution in [-0.4, -0.2) is 11.2 Å². The summed E-state index contributed by atoms with van der Waals surface area (Å²) in [6.45, 7) is 8.25. The summed E-state index contributed by atoms with van der Waals surface area (Å²) in [6.07, 6.45) is 4.94. The Labute approximate surface area is 70.1 Å². The van der Waals surface area contributed by atoms with E-state index in [9.17, 15) is 0 Å². The third kappa shape index (κ3) is 5.02. The Balaban J connectivity index is 3.89. The van der Waals surface area contributed by atoms with Crippen molar-refractivity contribution in [1.29, 1.82) is 0 Å². The minimum absolute atomic E-state index is 0.182. The van der Waals surface area contributed by atoms with Crippen LogP contribution in [0.2, 0.25) is 0 Å². The summed E-state index contributed by atoms with van der Waals surface area (Å²) in [7, 11) is 0. The Kier molecular flexibility index (Phi) is 5.22. The second kappa shape index (κ2) is 5.36. The lowest BCUT2D eigenvalue weighted by Crippen LogP contribution is -2.13. The SMILES string of the molecule is C/C=C\[C@@H](C[C@@H](C)O)C(C)C. The largest absolute Gasteiger partial charge is 0.393 e. The minimum Gasteiger partial charge on any atom is -0.393 e. The average Bonchev–Trinajstić information content (AvgIpc) is 1.86. The number of rotatable bonds is 4. The predicted molar refractivity (Wildman–Crippen MR) is 49.4 cm³/mol. The lowest BCUT2D eigenvalue weighted by atomic mass is 9.90. The molecule has 0 heterocycles. The Morgan fingerprint density at radius 1 is 1.27 bits per heavy atom. The van der Waals surface area contributed by atoms with Gasteiger partial charge in [0.15, 0.2) is 0 Å². The second-order valence-corrected chi connectivity index (χ2v) is 3.52. The van der Waals surface area contributed by atoms with Crippen LogP contribution in [0.5, 0.6) is 0 Å². The average molecular weight is 156 g/mol. The van der Waals surface area contributed by atoms with Gasteiger partial charge in [0, 0.05) is 0 Å². The van der Waals surface area contributed by atoms with Crippen molar-refractivity contribution in [2.45, 2.75) is 40.2 Å². The number of allylic oxidation sites excluding steroid dienone is 2. The topological polar surface area (TPSA) is 20.2 Å².